The van der Waals surface area contributed by atoms with Crippen LogP contribution in [-0.2, 0) is 4.79 Å². The molecular weight excluding hydrogens is 104 g/mol. The number of carbonyl (C=O) groups is 1. The molecule has 0 bridgehead atoms. The van der Waals surface area contributed by atoms with E-state index in [9.17, 15) is 4.79 Å². The maximum atomic E-state index is 9.87. The molecule has 0 aliphatic carbocycles. The maximum Gasteiger partial charge on any atom is 0.304 e. The number of carboxylic acid groups (broad SMARTS) is 1. The van der Waals surface area contributed by atoms with Crippen molar-refractivity contribution >= 4 is 5.97 Å². The summed E-state index contributed by atoms with van der Waals surface area (Å²) in [6, 6.07) is 0. The molecule has 0 heterocycles. The van der Waals surface area contributed by atoms with Crippen LogP contribution in [0.3, 0.4) is 0 Å². The molecule has 0 aliphatic heterocycles. The number of carboxylic acids is 1. The van der Waals surface area contributed by atoms with Crippen molar-refractivity contribution in [3.63, 3.8) is 0 Å². The Morgan fingerprint density at radius 2 is 2.50 bits per heavy atom. The zero-order valence-electron chi connectivity index (χ0n) is 4.72. The lowest BCUT2D eigenvalue weighted by Crippen LogP contribution is -2.00. The minimum absolute atomic E-state index is 0.0660. The first-order valence-electron chi connectivity index (χ1n) is 2.34. The highest BCUT2D eigenvalue weighted by atomic mass is 16.4. The fourth-order valence-corrected chi connectivity index (χ4v) is 0.321. The van der Waals surface area contributed by atoms with Crippen LogP contribution >= 0.6 is 0 Å². The smallest absolute Gasteiger partial charge is 0.304 e. The fraction of sp³-hybridized carbons (Fsp3) is 0.500. The minimum atomic E-state index is -0.838. The Bertz CT molecular complexity index is 121. The van der Waals surface area contributed by atoms with Crippen molar-refractivity contribution < 1.29 is 9.90 Å². The number of aliphatic carboxylic acids is 1. The van der Waals surface area contributed by atoms with Crippen molar-refractivity contribution in [3.05, 3.63) is 0 Å². The molecule has 0 aromatic heterocycles. The Kier molecular flexibility index (Phi) is 2.71. The molecule has 0 aromatic carbocycles. The van der Waals surface area contributed by atoms with Gasteiger partial charge in [0.1, 0.15) is 0 Å². The van der Waals surface area contributed by atoms with Crippen LogP contribution < -0.4 is 0 Å². The molecule has 8 heavy (non-hydrogen) atoms. The van der Waals surface area contributed by atoms with Gasteiger partial charge >= 0.3 is 5.97 Å². The normalized spacial score (nSPS) is 12.0. The molecule has 0 rings (SSSR count). The summed E-state index contributed by atoms with van der Waals surface area (Å²) in [6.45, 7) is 1.70. The monoisotopic (exact) mass is 112 g/mol. The van der Waals surface area contributed by atoms with Gasteiger partial charge in [-0.1, -0.05) is 6.92 Å². The van der Waals surface area contributed by atoms with E-state index in [4.69, 9.17) is 11.5 Å². The molecule has 0 spiro atoms. The quantitative estimate of drug-likeness (QED) is 0.535. The van der Waals surface area contributed by atoms with Gasteiger partial charge < -0.3 is 5.11 Å². The summed E-state index contributed by atoms with van der Waals surface area (Å²) in [5, 5.41) is 8.12. The molecule has 0 saturated heterocycles. The Morgan fingerprint density at radius 3 is 2.62 bits per heavy atom. The Labute approximate surface area is 48.5 Å². The standard InChI is InChI=1S/C6H8O2/c1-3-5(2)4-6(7)8/h1,5H,4H2,2H3,(H,7,8). The van der Waals surface area contributed by atoms with Gasteiger partial charge in [-0.2, -0.15) is 0 Å². The second kappa shape index (κ2) is 3.09. The van der Waals surface area contributed by atoms with Crippen LogP contribution in [0.5, 0.6) is 0 Å². The predicted molar refractivity (Wildman–Crippen MR) is 30.2 cm³/mol. The summed E-state index contributed by atoms with van der Waals surface area (Å²) >= 11 is 0. The Morgan fingerprint density at radius 1 is 2.00 bits per heavy atom. The first kappa shape index (κ1) is 7.03. The van der Waals surface area contributed by atoms with E-state index in [1.165, 1.54) is 0 Å². The van der Waals surface area contributed by atoms with Crippen molar-refractivity contribution in [2.24, 2.45) is 5.92 Å². The van der Waals surface area contributed by atoms with E-state index in [2.05, 4.69) is 5.92 Å². The SMILES string of the molecule is C#CC(C)CC(=O)O. The van der Waals surface area contributed by atoms with E-state index < -0.39 is 5.97 Å². The zero-order valence-corrected chi connectivity index (χ0v) is 4.72. The lowest BCUT2D eigenvalue weighted by Gasteiger charge is -1.94. The topological polar surface area (TPSA) is 37.3 Å². The number of terminal acetylenes is 1. The van der Waals surface area contributed by atoms with Gasteiger partial charge in [-0.05, 0) is 0 Å². The third-order valence-corrected chi connectivity index (χ3v) is 0.765. The second-order valence-corrected chi connectivity index (χ2v) is 1.67. The average Bonchev–Trinajstić information content (AvgIpc) is 1.65. The third-order valence-electron chi connectivity index (χ3n) is 0.765. The molecule has 2 nitrogen and oxygen atoms in total. The fourth-order valence-electron chi connectivity index (χ4n) is 0.321. The predicted octanol–water partition coefficient (Wildman–Crippen LogP) is 0.730. The van der Waals surface area contributed by atoms with Crippen LogP contribution in [-0.4, -0.2) is 11.1 Å². The number of hydrogen-bond donors (Lipinski definition) is 1. The van der Waals surface area contributed by atoms with Gasteiger partial charge in [-0.25, -0.2) is 0 Å². The molecule has 0 amide bonds. The molecule has 0 radical (unpaired) electrons. The highest BCUT2D eigenvalue weighted by Gasteiger charge is 2.01. The highest BCUT2D eigenvalue weighted by Crippen LogP contribution is 1.96. The van der Waals surface area contributed by atoms with E-state index in [0.29, 0.717) is 0 Å². The van der Waals surface area contributed by atoms with Crippen molar-refractivity contribution in [2.75, 3.05) is 0 Å². The summed E-state index contributed by atoms with van der Waals surface area (Å²) in [5.41, 5.74) is 0. The van der Waals surface area contributed by atoms with Gasteiger partial charge in [-0.15, -0.1) is 12.3 Å². The summed E-state index contributed by atoms with van der Waals surface area (Å²) < 4.78 is 0. The highest BCUT2D eigenvalue weighted by molar-refractivity contribution is 5.67. The van der Waals surface area contributed by atoms with E-state index >= 15 is 0 Å². The van der Waals surface area contributed by atoms with Crippen LogP contribution in [0.4, 0.5) is 0 Å². The molecule has 1 atom stereocenters. The molecule has 0 aliphatic rings. The van der Waals surface area contributed by atoms with Crippen molar-refractivity contribution in [3.8, 4) is 12.3 Å². The van der Waals surface area contributed by atoms with E-state index in [-0.39, 0.29) is 12.3 Å². The minimum Gasteiger partial charge on any atom is -0.481 e. The Balaban J connectivity index is 3.43. The summed E-state index contributed by atoms with van der Waals surface area (Å²) in [6.07, 6.45) is 4.97. The van der Waals surface area contributed by atoms with Crippen molar-refractivity contribution in [1.29, 1.82) is 0 Å². The summed E-state index contributed by atoms with van der Waals surface area (Å²) in [5.74, 6) is 1.33. The van der Waals surface area contributed by atoms with Gasteiger partial charge in [0.2, 0.25) is 0 Å². The largest absolute Gasteiger partial charge is 0.481 e. The van der Waals surface area contributed by atoms with E-state index in [1.807, 2.05) is 0 Å². The summed E-state index contributed by atoms with van der Waals surface area (Å²) in [4.78, 5) is 9.87. The number of hydrogen-bond acceptors (Lipinski definition) is 1. The van der Waals surface area contributed by atoms with Crippen LogP contribution in [0, 0.1) is 18.3 Å². The molecule has 0 fully saturated rings. The third kappa shape index (κ3) is 3.23. The van der Waals surface area contributed by atoms with Crippen LogP contribution in [0.2, 0.25) is 0 Å². The average molecular weight is 112 g/mol. The first-order chi connectivity index (χ1) is 3.66. The molecule has 1 unspecified atom stereocenters. The van der Waals surface area contributed by atoms with Gasteiger partial charge in [-0.3, -0.25) is 4.79 Å². The lowest BCUT2D eigenvalue weighted by molar-refractivity contribution is -0.137. The van der Waals surface area contributed by atoms with Crippen LogP contribution in [0.15, 0.2) is 0 Å². The van der Waals surface area contributed by atoms with Crippen molar-refractivity contribution in [1.82, 2.24) is 0 Å². The molecule has 44 valence electrons. The van der Waals surface area contributed by atoms with Crippen LogP contribution in [0.1, 0.15) is 13.3 Å². The Hall–Kier alpha value is -0.970. The van der Waals surface area contributed by atoms with E-state index in [0.717, 1.165) is 0 Å². The molecule has 2 heteroatoms. The van der Waals surface area contributed by atoms with Gasteiger partial charge in [0.15, 0.2) is 0 Å². The molecule has 0 aromatic rings. The van der Waals surface area contributed by atoms with Gasteiger partial charge in [0.05, 0.1) is 6.42 Å². The maximum absolute atomic E-state index is 9.87. The van der Waals surface area contributed by atoms with Gasteiger partial charge in [0.25, 0.3) is 0 Å². The van der Waals surface area contributed by atoms with E-state index in [1.54, 1.807) is 6.92 Å². The zero-order chi connectivity index (χ0) is 6.57. The first-order valence-corrected chi connectivity index (χ1v) is 2.34. The summed E-state index contributed by atoms with van der Waals surface area (Å²) in [7, 11) is 0. The molecule has 1 N–H and O–H groups in total. The van der Waals surface area contributed by atoms with Crippen molar-refractivity contribution in [2.45, 2.75) is 13.3 Å². The second-order valence-electron chi connectivity index (χ2n) is 1.67. The van der Waals surface area contributed by atoms with Crippen LogP contribution in [0.25, 0.3) is 0 Å². The molecular formula is C6H8O2. The molecule has 0 saturated carbocycles. The number of rotatable bonds is 2. The lowest BCUT2D eigenvalue weighted by atomic mass is 10.1. The van der Waals surface area contributed by atoms with Gasteiger partial charge in [0, 0.05) is 5.92 Å².